The van der Waals surface area contributed by atoms with E-state index in [1.54, 1.807) is 32.4 Å². The lowest BCUT2D eigenvalue weighted by molar-refractivity contribution is -0.111. The maximum Gasteiger partial charge on any atom is 0.247 e. The number of benzene rings is 2. The first kappa shape index (κ1) is 23.7. The molecule has 1 heterocycles. The number of nitrogens with zero attached hydrogens (tertiary/aromatic N) is 1. The molecule has 0 spiro atoms. The maximum absolute atomic E-state index is 11.9. The van der Waals surface area contributed by atoms with Gasteiger partial charge < -0.3 is 14.8 Å². The van der Waals surface area contributed by atoms with Gasteiger partial charge >= 0.3 is 0 Å². The lowest BCUT2D eigenvalue weighted by Gasteiger charge is -2.27. The van der Waals surface area contributed by atoms with Gasteiger partial charge in [-0.05, 0) is 60.6 Å². The van der Waals surface area contributed by atoms with Crippen LogP contribution in [0.4, 0.5) is 5.69 Å². The highest BCUT2D eigenvalue weighted by Gasteiger charge is 2.33. The number of carbonyl (C=O) groups excluding carboxylic acids is 1. The number of ether oxygens (including phenoxy) is 2. The zero-order valence-corrected chi connectivity index (χ0v) is 20.6. The molecule has 0 radical (unpaired) electrons. The maximum atomic E-state index is 11.9. The van der Waals surface area contributed by atoms with Crippen LogP contribution < -0.4 is 14.8 Å². The number of anilines is 1. The molecule has 8 heteroatoms. The van der Waals surface area contributed by atoms with Crippen molar-refractivity contribution in [1.82, 2.24) is 0 Å². The second-order valence-corrected chi connectivity index (χ2v) is 9.09. The Morgan fingerprint density at radius 2 is 1.85 bits per heavy atom. The summed E-state index contributed by atoms with van der Waals surface area (Å²) >= 11 is 19.6. The van der Waals surface area contributed by atoms with Crippen LogP contribution in [0, 0.1) is 0 Å². The molecule has 1 unspecified atom stereocenters. The monoisotopic (exact) mass is 504 g/mol. The highest BCUT2D eigenvalue weighted by molar-refractivity contribution is 6.38. The standard InChI is InChI=1S/C25H23Cl3N2O3/c1-4-21(31)30-18-8-6-15(26)10-17(18)25-16-7-5-13(9-14(16)12-29-25)22-23(27)19(32-2)11-20(33-3)24(22)28/h4,6,8,10-11,13H,1,5,7,9,12H2,2-3H3,(H,30,31). The van der Waals surface area contributed by atoms with Crippen LogP contribution in [-0.4, -0.2) is 32.4 Å². The Labute approximate surface area is 208 Å². The minimum atomic E-state index is -0.286. The second kappa shape index (κ2) is 9.80. The van der Waals surface area contributed by atoms with Gasteiger partial charge in [0.25, 0.3) is 0 Å². The molecular formula is C25H23Cl3N2O3. The third-order valence-corrected chi connectivity index (χ3v) is 7.09. The number of halogens is 3. The molecular weight excluding hydrogens is 483 g/mol. The Kier molecular flexibility index (Phi) is 7.03. The molecule has 4 rings (SSSR count). The molecule has 5 nitrogen and oxygen atoms in total. The second-order valence-electron chi connectivity index (χ2n) is 7.89. The van der Waals surface area contributed by atoms with E-state index in [1.165, 1.54) is 17.2 Å². The quantitative estimate of drug-likeness (QED) is 0.436. The molecule has 0 saturated carbocycles. The van der Waals surface area contributed by atoms with E-state index in [2.05, 4.69) is 11.9 Å². The van der Waals surface area contributed by atoms with E-state index in [1.807, 2.05) is 6.07 Å². The average molecular weight is 506 g/mol. The van der Waals surface area contributed by atoms with Crippen LogP contribution in [0.3, 0.4) is 0 Å². The van der Waals surface area contributed by atoms with Crippen molar-refractivity contribution < 1.29 is 14.3 Å². The van der Waals surface area contributed by atoms with Gasteiger partial charge in [-0.3, -0.25) is 9.79 Å². The average Bonchev–Trinajstić information content (AvgIpc) is 3.23. The minimum absolute atomic E-state index is 0.113. The van der Waals surface area contributed by atoms with Gasteiger partial charge in [0.05, 0.1) is 42.2 Å². The summed E-state index contributed by atoms with van der Waals surface area (Å²) in [5, 5.41) is 4.46. The number of amides is 1. The van der Waals surface area contributed by atoms with Gasteiger partial charge in [0, 0.05) is 22.2 Å². The molecule has 1 aliphatic heterocycles. The number of nitrogens with one attached hydrogen (secondary N) is 1. The van der Waals surface area contributed by atoms with Crippen molar-refractivity contribution in [2.75, 3.05) is 26.1 Å². The SMILES string of the molecule is C=CC(=O)Nc1ccc(Cl)cc1C1=NCC2=C1CCC(c1c(Cl)c(OC)cc(OC)c1Cl)C2. The molecule has 0 aromatic heterocycles. The summed E-state index contributed by atoms with van der Waals surface area (Å²) in [4.78, 5) is 16.7. The zero-order valence-electron chi connectivity index (χ0n) is 18.3. The van der Waals surface area contributed by atoms with E-state index in [4.69, 9.17) is 49.3 Å². The largest absolute Gasteiger partial charge is 0.495 e. The van der Waals surface area contributed by atoms with Crippen molar-refractivity contribution >= 4 is 52.1 Å². The number of hydrogen-bond acceptors (Lipinski definition) is 4. The topological polar surface area (TPSA) is 59.9 Å². The van der Waals surface area contributed by atoms with Crippen LogP contribution in [0.25, 0.3) is 0 Å². The zero-order chi connectivity index (χ0) is 23.7. The fourth-order valence-electron chi connectivity index (χ4n) is 4.50. The van der Waals surface area contributed by atoms with E-state index in [9.17, 15) is 4.79 Å². The highest BCUT2D eigenvalue weighted by atomic mass is 35.5. The fraction of sp³-hybridized carbons (Fsp3) is 0.280. The summed E-state index contributed by atoms with van der Waals surface area (Å²) in [6.45, 7) is 4.11. The van der Waals surface area contributed by atoms with Crippen LogP contribution in [0.5, 0.6) is 11.5 Å². The van der Waals surface area contributed by atoms with Gasteiger partial charge in [-0.2, -0.15) is 0 Å². The smallest absolute Gasteiger partial charge is 0.247 e. The third kappa shape index (κ3) is 4.50. The lowest BCUT2D eigenvalue weighted by Crippen LogP contribution is -2.16. The Balaban J connectivity index is 1.68. The highest BCUT2D eigenvalue weighted by Crippen LogP contribution is 2.49. The molecule has 1 N–H and O–H groups in total. The third-order valence-electron chi connectivity index (χ3n) is 6.07. The lowest BCUT2D eigenvalue weighted by atomic mass is 9.78. The van der Waals surface area contributed by atoms with Gasteiger partial charge in [0.15, 0.2) is 0 Å². The van der Waals surface area contributed by atoms with Crippen molar-refractivity contribution in [3.8, 4) is 11.5 Å². The molecule has 1 amide bonds. The fourth-order valence-corrected chi connectivity index (χ4v) is 5.48. The number of hydrogen-bond donors (Lipinski definition) is 1. The Bertz CT molecular complexity index is 1180. The molecule has 172 valence electrons. The van der Waals surface area contributed by atoms with E-state index in [-0.39, 0.29) is 11.8 Å². The number of aliphatic imine (C=N–C) groups is 1. The molecule has 2 aliphatic rings. The van der Waals surface area contributed by atoms with Crippen molar-refractivity contribution in [3.63, 3.8) is 0 Å². The van der Waals surface area contributed by atoms with Crippen molar-refractivity contribution in [2.24, 2.45) is 4.99 Å². The number of carbonyl (C=O) groups is 1. The van der Waals surface area contributed by atoms with Crippen LogP contribution >= 0.6 is 34.8 Å². The van der Waals surface area contributed by atoms with Crippen molar-refractivity contribution in [3.05, 3.63) is 74.3 Å². The summed E-state index contributed by atoms with van der Waals surface area (Å²) in [6.07, 6.45) is 3.64. The molecule has 1 atom stereocenters. The van der Waals surface area contributed by atoms with Gasteiger partial charge in [-0.15, -0.1) is 0 Å². The first-order valence-corrected chi connectivity index (χ1v) is 11.6. The van der Waals surface area contributed by atoms with Crippen molar-refractivity contribution in [1.29, 1.82) is 0 Å². The normalized spacial score (nSPS) is 17.4. The van der Waals surface area contributed by atoms with Crippen LogP contribution in [0.1, 0.15) is 36.3 Å². The van der Waals surface area contributed by atoms with Crippen LogP contribution in [0.2, 0.25) is 15.1 Å². The predicted molar refractivity (Wildman–Crippen MR) is 135 cm³/mol. The first-order valence-electron chi connectivity index (χ1n) is 10.5. The molecule has 2 aromatic carbocycles. The van der Waals surface area contributed by atoms with Gasteiger partial charge in [-0.25, -0.2) is 0 Å². The van der Waals surface area contributed by atoms with Crippen molar-refractivity contribution in [2.45, 2.75) is 25.2 Å². The Morgan fingerprint density at radius 3 is 2.48 bits per heavy atom. The van der Waals surface area contributed by atoms with Crippen LogP contribution in [-0.2, 0) is 4.79 Å². The molecule has 33 heavy (non-hydrogen) atoms. The number of allylic oxidation sites excluding steroid dienone is 1. The van der Waals surface area contributed by atoms with Gasteiger partial charge in [0.1, 0.15) is 11.5 Å². The molecule has 1 aliphatic carbocycles. The minimum Gasteiger partial charge on any atom is -0.495 e. The van der Waals surface area contributed by atoms with E-state index in [0.29, 0.717) is 38.8 Å². The summed E-state index contributed by atoms with van der Waals surface area (Å²) in [7, 11) is 3.15. The molecule has 0 saturated heterocycles. The van der Waals surface area contributed by atoms with Crippen LogP contribution in [0.15, 0.2) is 53.1 Å². The Hall–Kier alpha value is -2.47. The van der Waals surface area contributed by atoms with E-state index in [0.717, 1.165) is 36.1 Å². The Morgan fingerprint density at radius 1 is 1.15 bits per heavy atom. The first-order chi connectivity index (χ1) is 15.9. The van der Waals surface area contributed by atoms with Gasteiger partial charge in [-0.1, -0.05) is 41.4 Å². The summed E-state index contributed by atoms with van der Waals surface area (Å²) in [6, 6.07) is 7.07. The molecule has 0 bridgehead atoms. The number of rotatable bonds is 6. The molecule has 0 fully saturated rings. The van der Waals surface area contributed by atoms with E-state index >= 15 is 0 Å². The summed E-state index contributed by atoms with van der Waals surface area (Å²) in [5.41, 5.74) is 5.59. The van der Waals surface area contributed by atoms with E-state index < -0.39 is 0 Å². The summed E-state index contributed by atoms with van der Waals surface area (Å²) < 4.78 is 10.9. The van der Waals surface area contributed by atoms with Gasteiger partial charge in [0.2, 0.25) is 5.91 Å². The molecule has 2 aromatic rings. The predicted octanol–water partition coefficient (Wildman–Crippen LogP) is 6.86. The number of methoxy groups -OCH3 is 2. The summed E-state index contributed by atoms with van der Waals surface area (Å²) in [5.74, 6) is 0.906.